The number of hydrogen-bond donors (Lipinski definition) is 7. The van der Waals surface area contributed by atoms with Crippen molar-refractivity contribution in [3.63, 3.8) is 0 Å². The van der Waals surface area contributed by atoms with E-state index in [1.807, 2.05) is 0 Å². The first-order valence-corrected chi connectivity index (χ1v) is 16.6. The molecule has 294 valence electrons. The fraction of sp³-hybridized carbons (Fsp3) is 0.514. The van der Waals surface area contributed by atoms with Crippen LogP contribution in [0.4, 0.5) is 0 Å². The first-order chi connectivity index (χ1) is 25.7. The van der Waals surface area contributed by atoms with Gasteiger partial charge in [0.15, 0.2) is 23.9 Å². The normalized spacial score (nSPS) is 33.3. The number of methoxy groups -OCH3 is 3. The fourth-order valence-electron chi connectivity index (χ4n) is 7.13. The lowest BCUT2D eigenvalue weighted by Crippen LogP contribution is -2.63. The van der Waals surface area contributed by atoms with Gasteiger partial charge < -0.3 is 78.4 Å². The van der Waals surface area contributed by atoms with Gasteiger partial charge in [-0.05, 0) is 35.9 Å². The van der Waals surface area contributed by atoms with E-state index in [1.54, 1.807) is 6.07 Å². The molecular weight excluding hydrogens is 724 g/mol. The standard InChI is InChI=1S/C35H40O19/c1-13(37)49-10-20-26(39)29(42)30(43)34(51-20)54-35(12-36)31-27(40)21(53-35)11-50-32(44)17-7-14-8-19(48-4)25(38)28(41)22(14)23(24(17)33(45)52-31)16-9-15(46-2)5-6-18(16)47-3/h5-9,20-21,23-24,26-27,29-31,34,36,38-43H,10-12H2,1-4H3. The average molecular weight is 765 g/mol. The number of aromatic hydroxyl groups is 2. The predicted octanol–water partition coefficient (Wildman–Crippen LogP) is -1.43. The largest absolute Gasteiger partial charge is 0.504 e. The van der Waals surface area contributed by atoms with Crippen molar-refractivity contribution in [1.29, 1.82) is 0 Å². The van der Waals surface area contributed by atoms with Crippen LogP contribution in [0.1, 0.15) is 29.5 Å². The maximum atomic E-state index is 14.7. The van der Waals surface area contributed by atoms with Crippen LogP contribution in [0.5, 0.6) is 28.7 Å². The molecule has 1 aliphatic carbocycles. The molecule has 0 amide bonds. The van der Waals surface area contributed by atoms with Crippen molar-refractivity contribution in [2.24, 2.45) is 5.92 Å². The lowest BCUT2D eigenvalue weighted by Gasteiger charge is -2.44. The van der Waals surface area contributed by atoms with Crippen LogP contribution in [0.25, 0.3) is 6.08 Å². The Morgan fingerprint density at radius 1 is 0.907 bits per heavy atom. The number of phenols is 2. The van der Waals surface area contributed by atoms with Crippen molar-refractivity contribution in [3.8, 4) is 28.7 Å². The number of aliphatic hydroxyl groups is 5. The quantitative estimate of drug-likeness (QED) is 0.0876. The maximum absolute atomic E-state index is 14.7. The van der Waals surface area contributed by atoms with E-state index >= 15 is 0 Å². The molecule has 0 radical (unpaired) electrons. The van der Waals surface area contributed by atoms with Gasteiger partial charge in [0.2, 0.25) is 11.5 Å². The summed E-state index contributed by atoms with van der Waals surface area (Å²) >= 11 is 0. The molecule has 19 nitrogen and oxygen atoms in total. The van der Waals surface area contributed by atoms with Gasteiger partial charge in [0.05, 0.1) is 26.9 Å². The summed E-state index contributed by atoms with van der Waals surface area (Å²) in [5.41, 5.74) is -0.0420. The van der Waals surface area contributed by atoms with Crippen LogP contribution >= 0.6 is 0 Å². The Balaban J connectivity index is 1.46. The monoisotopic (exact) mass is 764 g/mol. The molecule has 7 N–H and O–H groups in total. The van der Waals surface area contributed by atoms with E-state index in [0.717, 1.165) is 6.92 Å². The summed E-state index contributed by atoms with van der Waals surface area (Å²) in [5.74, 6) is -9.91. The molecule has 2 aromatic carbocycles. The number of carbonyl (C=O) groups excluding carboxylic acids is 3. The molecule has 11 atom stereocenters. The summed E-state index contributed by atoms with van der Waals surface area (Å²) in [7, 11) is 3.96. The number of hydrogen-bond acceptors (Lipinski definition) is 19. The molecule has 2 aromatic rings. The number of esters is 3. The molecule has 11 unspecified atom stereocenters. The zero-order valence-corrected chi connectivity index (χ0v) is 29.3. The number of benzene rings is 2. The van der Waals surface area contributed by atoms with Crippen LogP contribution in [-0.2, 0) is 42.8 Å². The fourth-order valence-corrected chi connectivity index (χ4v) is 7.13. The average Bonchev–Trinajstić information content (AvgIpc) is 3.41. The molecule has 6 rings (SSSR count). The molecule has 54 heavy (non-hydrogen) atoms. The first-order valence-electron chi connectivity index (χ1n) is 16.6. The summed E-state index contributed by atoms with van der Waals surface area (Å²) in [6, 6.07) is 5.88. The van der Waals surface area contributed by atoms with E-state index in [-0.39, 0.29) is 39.5 Å². The molecule has 2 bridgehead atoms. The van der Waals surface area contributed by atoms with Crippen LogP contribution in [0, 0.1) is 5.92 Å². The van der Waals surface area contributed by atoms with E-state index in [1.165, 1.54) is 45.6 Å². The molecule has 3 fully saturated rings. The minimum absolute atomic E-state index is 0.0636. The Labute approximate surface area is 306 Å². The second-order valence-electron chi connectivity index (χ2n) is 12.9. The van der Waals surface area contributed by atoms with Gasteiger partial charge in [-0.2, -0.15) is 0 Å². The summed E-state index contributed by atoms with van der Waals surface area (Å²) in [6.45, 7) is -1.39. The van der Waals surface area contributed by atoms with E-state index in [0.29, 0.717) is 0 Å². The summed E-state index contributed by atoms with van der Waals surface area (Å²) in [6.07, 6.45) is -13.3. The van der Waals surface area contributed by atoms with Crippen molar-refractivity contribution in [2.45, 2.75) is 67.6 Å². The number of rotatable bonds is 9. The van der Waals surface area contributed by atoms with Gasteiger partial charge in [-0.15, -0.1) is 0 Å². The van der Waals surface area contributed by atoms with Crippen LogP contribution in [0.2, 0.25) is 0 Å². The Morgan fingerprint density at radius 2 is 1.63 bits per heavy atom. The molecule has 3 heterocycles. The lowest BCUT2D eigenvalue weighted by atomic mass is 9.70. The van der Waals surface area contributed by atoms with Gasteiger partial charge in [0, 0.05) is 24.0 Å². The Hall–Kier alpha value is -4.73. The summed E-state index contributed by atoms with van der Waals surface area (Å²) < 4.78 is 49.9. The van der Waals surface area contributed by atoms with Gasteiger partial charge in [0.25, 0.3) is 0 Å². The zero-order valence-electron chi connectivity index (χ0n) is 29.3. The summed E-state index contributed by atoms with van der Waals surface area (Å²) in [5, 5.41) is 76.4. The van der Waals surface area contributed by atoms with Crippen LogP contribution in [-0.4, -0.2) is 150 Å². The molecule has 0 spiro atoms. The molecule has 3 aliphatic heterocycles. The SMILES string of the molecule is COc1ccc(OC)c(C2c3c(cc(OC)c(O)c3O)C=C3C(=O)OCC4OC(CO)(OC5OC(COC(C)=O)C(O)C(O)C5O)C(OC(=O)C32)C4O)c1. The number of cyclic esters (lactones) is 1. The van der Waals surface area contributed by atoms with Crippen molar-refractivity contribution < 1.29 is 92.8 Å². The highest BCUT2D eigenvalue weighted by molar-refractivity contribution is 6.02. The van der Waals surface area contributed by atoms with Crippen molar-refractivity contribution in [1.82, 2.24) is 0 Å². The second kappa shape index (κ2) is 15.2. The van der Waals surface area contributed by atoms with Gasteiger partial charge in [-0.25, -0.2) is 4.79 Å². The lowest BCUT2D eigenvalue weighted by molar-refractivity contribution is -0.383. The predicted molar refractivity (Wildman–Crippen MR) is 175 cm³/mol. The van der Waals surface area contributed by atoms with Crippen molar-refractivity contribution in [2.75, 3.05) is 41.2 Å². The number of aliphatic hydroxyl groups excluding tert-OH is 5. The molecule has 0 saturated carbocycles. The number of ether oxygens (including phenoxy) is 9. The minimum Gasteiger partial charge on any atom is -0.504 e. The molecule has 4 aliphatic rings. The van der Waals surface area contributed by atoms with E-state index in [4.69, 9.17) is 42.6 Å². The third kappa shape index (κ3) is 6.66. The highest BCUT2D eigenvalue weighted by Crippen LogP contribution is 2.55. The van der Waals surface area contributed by atoms with Crippen LogP contribution in [0.15, 0.2) is 29.8 Å². The molecule has 0 aromatic heterocycles. The summed E-state index contributed by atoms with van der Waals surface area (Å²) in [4.78, 5) is 40.0. The zero-order chi connectivity index (χ0) is 39.2. The molecule has 3 saturated heterocycles. The van der Waals surface area contributed by atoms with Crippen molar-refractivity contribution in [3.05, 3.63) is 46.5 Å². The molecular formula is C35H40O19. The van der Waals surface area contributed by atoms with E-state index in [2.05, 4.69) is 0 Å². The second-order valence-corrected chi connectivity index (χ2v) is 12.9. The molecule has 19 heteroatoms. The van der Waals surface area contributed by atoms with E-state index in [9.17, 15) is 50.1 Å². The van der Waals surface area contributed by atoms with Gasteiger partial charge in [-0.3, -0.25) is 9.59 Å². The highest BCUT2D eigenvalue weighted by atomic mass is 16.8. The number of fused-ring (bicyclic) bond motifs is 4. The minimum atomic E-state index is -2.58. The van der Waals surface area contributed by atoms with Crippen LogP contribution in [0.3, 0.4) is 0 Å². The smallest absolute Gasteiger partial charge is 0.335 e. The highest BCUT2D eigenvalue weighted by Gasteiger charge is 2.62. The van der Waals surface area contributed by atoms with Gasteiger partial charge in [0.1, 0.15) is 73.9 Å². The van der Waals surface area contributed by atoms with E-state index < -0.39 is 116 Å². The number of carbonyl (C=O) groups is 3. The van der Waals surface area contributed by atoms with Crippen molar-refractivity contribution >= 4 is 24.0 Å². The third-order valence-corrected chi connectivity index (χ3v) is 9.83. The first kappa shape index (κ1) is 39.0. The Morgan fingerprint density at radius 3 is 2.28 bits per heavy atom. The maximum Gasteiger partial charge on any atom is 0.335 e. The van der Waals surface area contributed by atoms with Crippen LogP contribution < -0.4 is 14.2 Å². The number of phenolic OH excluding ortho intramolecular Hbond substituents is 2. The Bertz CT molecular complexity index is 1810. The Kier molecular flexibility index (Phi) is 11.0. The van der Waals surface area contributed by atoms with Gasteiger partial charge in [-0.1, -0.05) is 0 Å². The third-order valence-electron chi connectivity index (χ3n) is 9.83. The van der Waals surface area contributed by atoms with Gasteiger partial charge >= 0.3 is 17.9 Å². The topological polar surface area (TPSA) is 276 Å².